The zero-order valence-corrected chi connectivity index (χ0v) is 26.5. The van der Waals surface area contributed by atoms with E-state index in [1.165, 1.54) is 28.0 Å². The smallest absolute Gasteiger partial charge is 0.301 e. The number of carbonyl (C=O) groups is 2. The van der Waals surface area contributed by atoms with Crippen molar-refractivity contribution < 1.29 is 24.2 Å². The average Bonchev–Trinajstić information content (AvgIpc) is 3.78. The average molecular weight is 648 g/mol. The minimum absolute atomic E-state index is 0.0166. The van der Waals surface area contributed by atoms with Gasteiger partial charge in [0.05, 0.1) is 11.6 Å². The number of carbonyl (C=O) groups excluding carboxylic acids is 2. The van der Waals surface area contributed by atoms with Gasteiger partial charge < -0.3 is 14.6 Å². The number of ketones is 1. The number of ether oxygens (including phenoxy) is 2. The largest absolute Gasteiger partial charge is 0.507 e. The third kappa shape index (κ3) is 6.01. The molecule has 4 aromatic carbocycles. The maximum atomic E-state index is 13.8. The predicted molar refractivity (Wildman–Crippen MR) is 178 cm³/mol. The standard InChI is InChI=1S/C36H29N3O5S2/c1-22-17-27-18-26(15-16-29(27)44-22)32(40)30-31(25-13-8-14-28(19-25)43-20-23-9-4-2-5-10-23)39(34(42)33(30)41)35-37-38-36(46-35)45-21-24-11-6-3-7-12-24/h2-16,18-19,22,31,40H,17,20-21H2,1H3/b32-30-. The van der Waals surface area contributed by atoms with Gasteiger partial charge in [-0.15, -0.1) is 10.2 Å². The van der Waals surface area contributed by atoms with E-state index in [9.17, 15) is 14.7 Å². The van der Waals surface area contributed by atoms with Gasteiger partial charge in [-0.1, -0.05) is 95.9 Å². The van der Waals surface area contributed by atoms with Crippen molar-refractivity contribution in [3.63, 3.8) is 0 Å². The Morgan fingerprint density at radius 1 is 0.957 bits per heavy atom. The quantitative estimate of drug-likeness (QED) is 0.0582. The molecule has 1 fully saturated rings. The lowest BCUT2D eigenvalue weighted by Gasteiger charge is -2.23. The minimum atomic E-state index is -0.955. The van der Waals surface area contributed by atoms with Gasteiger partial charge in [0.25, 0.3) is 5.78 Å². The van der Waals surface area contributed by atoms with Crippen LogP contribution in [0, 0.1) is 0 Å². The highest BCUT2D eigenvalue weighted by Crippen LogP contribution is 2.45. The van der Waals surface area contributed by atoms with Crippen LogP contribution in [0.15, 0.2) is 113 Å². The van der Waals surface area contributed by atoms with Gasteiger partial charge in [-0.05, 0) is 59.5 Å². The molecule has 0 aliphatic carbocycles. The Bertz CT molecular complexity index is 1940. The third-order valence-corrected chi connectivity index (χ3v) is 9.97. The van der Waals surface area contributed by atoms with Crippen LogP contribution in [0.2, 0.25) is 0 Å². The van der Waals surface area contributed by atoms with Crippen molar-refractivity contribution in [2.24, 2.45) is 0 Å². The van der Waals surface area contributed by atoms with Crippen molar-refractivity contribution in [3.8, 4) is 11.5 Å². The molecule has 2 unspecified atom stereocenters. The number of anilines is 1. The summed E-state index contributed by atoms with van der Waals surface area (Å²) < 4.78 is 12.6. The number of nitrogens with zero attached hydrogens (tertiary/aromatic N) is 3. The second-order valence-electron chi connectivity index (χ2n) is 11.1. The van der Waals surface area contributed by atoms with Gasteiger partial charge in [0.2, 0.25) is 5.13 Å². The lowest BCUT2D eigenvalue weighted by atomic mass is 9.94. The lowest BCUT2D eigenvalue weighted by Crippen LogP contribution is -2.29. The van der Waals surface area contributed by atoms with Crippen LogP contribution >= 0.6 is 23.1 Å². The van der Waals surface area contributed by atoms with E-state index in [2.05, 4.69) is 10.2 Å². The predicted octanol–water partition coefficient (Wildman–Crippen LogP) is 7.36. The summed E-state index contributed by atoms with van der Waals surface area (Å²) in [7, 11) is 0. The number of aliphatic hydroxyl groups is 1. The Kier molecular flexibility index (Phi) is 8.30. The van der Waals surface area contributed by atoms with E-state index in [1.807, 2.05) is 91.9 Å². The number of aromatic nitrogens is 2. The molecule has 1 N–H and O–H groups in total. The van der Waals surface area contributed by atoms with Gasteiger partial charge >= 0.3 is 5.91 Å². The molecule has 230 valence electrons. The Balaban J connectivity index is 1.26. The molecular formula is C36H29N3O5S2. The molecule has 5 aromatic rings. The number of rotatable bonds is 9. The second-order valence-corrected chi connectivity index (χ2v) is 13.3. The maximum Gasteiger partial charge on any atom is 0.301 e. The van der Waals surface area contributed by atoms with Crippen molar-refractivity contribution in [1.82, 2.24) is 10.2 Å². The molecule has 0 saturated carbocycles. The summed E-state index contributed by atoms with van der Waals surface area (Å²) in [5, 5.41) is 20.6. The molecule has 8 nitrogen and oxygen atoms in total. The van der Waals surface area contributed by atoms with E-state index in [0.717, 1.165) is 22.4 Å². The molecule has 10 heteroatoms. The Hall–Kier alpha value is -4.93. The lowest BCUT2D eigenvalue weighted by molar-refractivity contribution is -0.132. The van der Waals surface area contributed by atoms with Crippen molar-refractivity contribution >= 4 is 45.7 Å². The molecule has 1 amide bonds. The molecule has 3 heterocycles. The summed E-state index contributed by atoms with van der Waals surface area (Å²) >= 11 is 2.74. The van der Waals surface area contributed by atoms with E-state index in [4.69, 9.17) is 9.47 Å². The minimum Gasteiger partial charge on any atom is -0.507 e. The summed E-state index contributed by atoms with van der Waals surface area (Å²) in [6.07, 6.45) is 0.700. The van der Waals surface area contributed by atoms with Crippen LogP contribution in [0.1, 0.15) is 40.8 Å². The summed E-state index contributed by atoms with van der Waals surface area (Å²) in [4.78, 5) is 28.9. The Morgan fingerprint density at radius 2 is 1.72 bits per heavy atom. The monoisotopic (exact) mass is 647 g/mol. The Labute approximate surface area is 274 Å². The van der Waals surface area contributed by atoms with Gasteiger partial charge in [0, 0.05) is 17.7 Å². The molecule has 0 spiro atoms. The molecule has 2 aliphatic heterocycles. The van der Waals surface area contributed by atoms with Crippen LogP contribution in [0.4, 0.5) is 5.13 Å². The first-order valence-corrected chi connectivity index (χ1v) is 16.6. The molecular weight excluding hydrogens is 619 g/mol. The fourth-order valence-corrected chi connectivity index (χ4v) is 7.49. The van der Waals surface area contributed by atoms with Crippen molar-refractivity contribution in [3.05, 3.63) is 137 Å². The molecule has 1 saturated heterocycles. The Morgan fingerprint density at radius 3 is 2.50 bits per heavy atom. The van der Waals surface area contributed by atoms with E-state index in [-0.39, 0.29) is 22.6 Å². The van der Waals surface area contributed by atoms with Crippen molar-refractivity contribution in [2.45, 2.75) is 42.2 Å². The maximum absolute atomic E-state index is 13.8. The summed E-state index contributed by atoms with van der Waals surface area (Å²) in [6, 6.07) is 31.4. The summed E-state index contributed by atoms with van der Waals surface area (Å²) in [5.41, 5.74) is 4.08. The van der Waals surface area contributed by atoms with Gasteiger partial charge in [-0.2, -0.15) is 0 Å². The van der Waals surface area contributed by atoms with Crippen LogP contribution in [0.3, 0.4) is 0 Å². The van der Waals surface area contributed by atoms with E-state index >= 15 is 0 Å². The molecule has 1 aromatic heterocycles. The SMILES string of the molecule is CC1Cc2cc(/C(O)=C3/C(=O)C(=O)N(c4nnc(SCc5ccccc5)s4)C3c3cccc(OCc4ccccc4)c3)ccc2O1. The number of Topliss-reactive ketones (excluding diaryl/α,β-unsaturated/α-hetero) is 1. The number of aliphatic hydroxyl groups excluding tert-OH is 1. The molecule has 2 atom stereocenters. The summed E-state index contributed by atoms with van der Waals surface area (Å²) in [6.45, 7) is 2.32. The van der Waals surface area contributed by atoms with Gasteiger partial charge in [0.1, 0.15) is 30.0 Å². The third-order valence-electron chi connectivity index (χ3n) is 7.84. The zero-order valence-electron chi connectivity index (χ0n) is 24.8. The number of thioether (sulfide) groups is 1. The first-order valence-electron chi connectivity index (χ1n) is 14.8. The van der Waals surface area contributed by atoms with Crippen molar-refractivity contribution in [2.75, 3.05) is 4.90 Å². The second kappa shape index (κ2) is 12.8. The van der Waals surface area contributed by atoms with E-state index in [1.54, 1.807) is 18.2 Å². The molecule has 0 radical (unpaired) electrons. The zero-order chi connectivity index (χ0) is 31.6. The fraction of sp³-hybridized carbons (Fsp3) is 0.167. The number of hydrogen-bond donors (Lipinski definition) is 1. The van der Waals surface area contributed by atoms with Gasteiger partial charge in [0.15, 0.2) is 4.34 Å². The van der Waals surface area contributed by atoms with E-state index in [0.29, 0.717) is 40.0 Å². The molecule has 7 rings (SSSR count). The highest BCUT2D eigenvalue weighted by molar-refractivity contribution is 8.00. The fourth-order valence-electron chi connectivity index (χ4n) is 5.66. The van der Waals surface area contributed by atoms with Crippen LogP contribution in [-0.4, -0.2) is 33.1 Å². The van der Waals surface area contributed by atoms with Crippen LogP contribution in [-0.2, 0) is 28.4 Å². The molecule has 2 aliphatic rings. The highest BCUT2D eigenvalue weighted by atomic mass is 32.2. The van der Waals surface area contributed by atoms with Crippen molar-refractivity contribution in [1.29, 1.82) is 0 Å². The first kappa shape index (κ1) is 29.8. The molecule has 46 heavy (non-hydrogen) atoms. The van der Waals surface area contributed by atoms with Gasteiger partial charge in [-0.3, -0.25) is 14.5 Å². The number of amides is 1. The first-order chi connectivity index (χ1) is 22.4. The van der Waals surface area contributed by atoms with Gasteiger partial charge in [-0.25, -0.2) is 0 Å². The summed E-state index contributed by atoms with van der Waals surface area (Å²) in [5.74, 6) is 0.157. The van der Waals surface area contributed by atoms with Crippen LogP contribution in [0.25, 0.3) is 5.76 Å². The topological polar surface area (TPSA) is 102 Å². The highest BCUT2D eigenvalue weighted by Gasteiger charge is 2.48. The van der Waals surface area contributed by atoms with Crippen LogP contribution in [0.5, 0.6) is 11.5 Å². The van der Waals surface area contributed by atoms with E-state index < -0.39 is 17.7 Å². The number of fused-ring (bicyclic) bond motifs is 1. The molecule has 0 bridgehead atoms. The normalized spacial score (nSPS) is 18.4. The number of hydrogen-bond acceptors (Lipinski definition) is 9. The van der Waals surface area contributed by atoms with Crippen LogP contribution < -0.4 is 14.4 Å². The number of benzene rings is 4.